The monoisotopic (exact) mass is 403 g/mol. The van der Waals surface area contributed by atoms with Crippen molar-refractivity contribution < 1.29 is 9.21 Å². The molecule has 0 unspecified atom stereocenters. The molecule has 0 aliphatic heterocycles. The molecule has 0 saturated carbocycles. The Morgan fingerprint density at radius 2 is 1.79 bits per heavy atom. The molecule has 7 heteroatoms. The molecular weight excluding hydrogens is 390 g/mol. The first kappa shape index (κ1) is 17.3. The molecule has 1 amide bonds. The molecule has 3 heterocycles. The molecule has 29 heavy (non-hydrogen) atoms. The van der Waals surface area contributed by atoms with Crippen LogP contribution in [0.4, 0.5) is 5.69 Å². The van der Waals surface area contributed by atoms with Gasteiger partial charge in [0.05, 0.1) is 17.3 Å². The predicted molar refractivity (Wildman–Crippen MR) is 114 cm³/mol. The van der Waals surface area contributed by atoms with E-state index in [4.69, 9.17) is 16.0 Å². The molecule has 0 aliphatic carbocycles. The van der Waals surface area contributed by atoms with Gasteiger partial charge in [-0.2, -0.15) is 0 Å². The minimum atomic E-state index is -0.504. The number of aromatic amines is 2. The van der Waals surface area contributed by atoms with Gasteiger partial charge >= 0.3 is 0 Å². The topological polar surface area (TPSA) is 90.9 Å². The summed E-state index contributed by atoms with van der Waals surface area (Å²) in [4.78, 5) is 31.8. The first-order chi connectivity index (χ1) is 14.1. The number of H-pyrrole nitrogens is 2. The molecule has 0 fully saturated rings. The lowest BCUT2D eigenvalue weighted by atomic mass is 10.0. The maximum Gasteiger partial charge on any atom is 0.291 e. The summed E-state index contributed by atoms with van der Waals surface area (Å²) in [5.41, 5.74) is 3.25. The number of amides is 1. The zero-order chi connectivity index (χ0) is 20.0. The second-order valence-corrected chi connectivity index (χ2v) is 7.00. The lowest BCUT2D eigenvalue weighted by Gasteiger charge is -2.11. The Labute approximate surface area is 169 Å². The van der Waals surface area contributed by atoms with Crippen LogP contribution in [0.5, 0.6) is 0 Å². The minimum absolute atomic E-state index is 0.118. The normalized spacial score (nSPS) is 11.2. The molecule has 0 aliphatic rings. The van der Waals surface area contributed by atoms with Crippen molar-refractivity contribution in [2.75, 3.05) is 5.32 Å². The van der Waals surface area contributed by atoms with Gasteiger partial charge in [0.15, 0.2) is 5.76 Å². The highest BCUT2D eigenvalue weighted by atomic mass is 35.5. The highest BCUT2D eigenvalue weighted by Gasteiger charge is 2.21. The van der Waals surface area contributed by atoms with E-state index in [1.165, 1.54) is 12.3 Å². The molecule has 0 spiro atoms. The SMILES string of the molecule is O=C(Nc1c(-c2ccccc2)c2[nH]c3ccc(Cl)cc3c2[nH]c1=O)c1ccco1. The van der Waals surface area contributed by atoms with Crippen molar-refractivity contribution in [3.05, 3.63) is 88.1 Å². The Morgan fingerprint density at radius 1 is 0.966 bits per heavy atom. The van der Waals surface area contributed by atoms with Gasteiger partial charge in [-0.1, -0.05) is 41.9 Å². The molecule has 0 radical (unpaired) electrons. The van der Waals surface area contributed by atoms with E-state index in [2.05, 4.69) is 15.3 Å². The number of carbonyl (C=O) groups is 1. The van der Waals surface area contributed by atoms with Crippen molar-refractivity contribution >= 4 is 45.1 Å². The Balaban J connectivity index is 1.82. The van der Waals surface area contributed by atoms with Crippen LogP contribution in [0, 0.1) is 0 Å². The van der Waals surface area contributed by atoms with E-state index < -0.39 is 11.5 Å². The van der Waals surface area contributed by atoms with E-state index in [1.54, 1.807) is 18.2 Å². The van der Waals surface area contributed by atoms with Crippen LogP contribution >= 0.6 is 11.6 Å². The van der Waals surface area contributed by atoms with E-state index in [9.17, 15) is 9.59 Å². The third-order valence-electron chi connectivity index (χ3n) is 4.77. The highest BCUT2D eigenvalue weighted by Crippen LogP contribution is 2.36. The first-order valence-electron chi connectivity index (χ1n) is 8.89. The second-order valence-electron chi connectivity index (χ2n) is 6.57. The van der Waals surface area contributed by atoms with E-state index >= 15 is 0 Å². The number of hydrogen-bond donors (Lipinski definition) is 3. The van der Waals surface area contributed by atoms with E-state index in [1.807, 2.05) is 36.4 Å². The zero-order valence-electron chi connectivity index (χ0n) is 15.0. The van der Waals surface area contributed by atoms with Crippen molar-refractivity contribution in [2.24, 2.45) is 0 Å². The largest absolute Gasteiger partial charge is 0.459 e. The second kappa shape index (κ2) is 6.68. The summed E-state index contributed by atoms with van der Waals surface area (Å²) in [6, 6.07) is 18.0. The summed E-state index contributed by atoms with van der Waals surface area (Å²) >= 11 is 6.16. The van der Waals surface area contributed by atoms with Gasteiger partial charge in [-0.15, -0.1) is 0 Å². The van der Waals surface area contributed by atoms with Gasteiger partial charge in [0.25, 0.3) is 11.5 Å². The maximum atomic E-state index is 13.0. The highest BCUT2D eigenvalue weighted by molar-refractivity contribution is 6.32. The molecule has 142 valence electrons. The van der Waals surface area contributed by atoms with Gasteiger partial charge in [-0.25, -0.2) is 0 Å². The standard InChI is InChI=1S/C22H14ClN3O3/c23-13-8-9-15-14(11-13)18-19(24-15)17(12-5-2-1-3-6-12)20(22(28)25-18)26-21(27)16-7-4-10-29-16/h1-11,24H,(H,25,28)(H,26,27). The Hall–Kier alpha value is -3.77. The molecule has 0 saturated heterocycles. The number of furan rings is 1. The number of hydrogen-bond acceptors (Lipinski definition) is 3. The number of carbonyl (C=O) groups excluding carboxylic acids is 1. The zero-order valence-corrected chi connectivity index (χ0v) is 15.7. The molecule has 0 atom stereocenters. The smallest absolute Gasteiger partial charge is 0.291 e. The van der Waals surface area contributed by atoms with Crippen LogP contribution in [0.15, 0.2) is 76.1 Å². The van der Waals surface area contributed by atoms with Crippen molar-refractivity contribution in [3.63, 3.8) is 0 Å². The van der Waals surface area contributed by atoms with Gasteiger partial charge in [-0.3, -0.25) is 9.59 Å². The molecule has 0 bridgehead atoms. The fourth-order valence-corrected chi connectivity index (χ4v) is 3.66. The van der Waals surface area contributed by atoms with Crippen LogP contribution in [0.2, 0.25) is 5.02 Å². The van der Waals surface area contributed by atoms with Crippen molar-refractivity contribution in [2.45, 2.75) is 0 Å². The van der Waals surface area contributed by atoms with Crippen LogP contribution < -0.4 is 10.9 Å². The minimum Gasteiger partial charge on any atom is -0.459 e. The average Bonchev–Trinajstić information content (AvgIpc) is 3.37. The molecule has 6 nitrogen and oxygen atoms in total. The van der Waals surface area contributed by atoms with Crippen LogP contribution in [0.1, 0.15) is 10.6 Å². The summed E-state index contributed by atoms with van der Waals surface area (Å²) in [5.74, 6) is -0.386. The Kier molecular flexibility index (Phi) is 4.00. The fraction of sp³-hybridized carbons (Fsp3) is 0. The van der Waals surface area contributed by atoms with Gasteiger partial charge < -0.3 is 19.7 Å². The number of rotatable bonds is 3. The third-order valence-corrected chi connectivity index (χ3v) is 5.01. The van der Waals surface area contributed by atoms with E-state index in [-0.39, 0.29) is 11.4 Å². The number of pyridine rings is 1. The van der Waals surface area contributed by atoms with Gasteiger partial charge in [-0.05, 0) is 35.9 Å². The van der Waals surface area contributed by atoms with Crippen LogP contribution in [0.3, 0.4) is 0 Å². The van der Waals surface area contributed by atoms with Crippen LogP contribution in [-0.2, 0) is 0 Å². The number of aromatic nitrogens is 2. The summed E-state index contributed by atoms with van der Waals surface area (Å²) in [6.07, 6.45) is 1.40. The van der Waals surface area contributed by atoms with Crippen LogP contribution in [-0.4, -0.2) is 15.9 Å². The molecule has 3 aromatic heterocycles. The average molecular weight is 404 g/mol. The van der Waals surface area contributed by atoms with Gasteiger partial charge in [0, 0.05) is 21.5 Å². The number of benzene rings is 2. The number of anilines is 1. The van der Waals surface area contributed by atoms with E-state index in [0.717, 1.165) is 16.5 Å². The molecule has 5 rings (SSSR count). The summed E-state index contributed by atoms with van der Waals surface area (Å²) in [5, 5.41) is 4.07. The summed E-state index contributed by atoms with van der Waals surface area (Å²) in [6.45, 7) is 0. The van der Waals surface area contributed by atoms with Crippen molar-refractivity contribution in [1.82, 2.24) is 9.97 Å². The molecule has 3 N–H and O–H groups in total. The third kappa shape index (κ3) is 2.90. The number of fused-ring (bicyclic) bond motifs is 3. The Bertz CT molecular complexity index is 1420. The Morgan fingerprint density at radius 3 is 2.55 bits per heavy atom. The summed E-state index contributed by atoms with van der Waals surface area (Å²) in [7, 11) is 0. The summed E-state index contributed by atoms with van der Waals surface area (Å²) < 4.78 is 5.15. The maximum absolute atomic E-state index is 13.0. The quantitative estimate of drug-likeness (QED) is 0.388. The number of halogens is 1. The van der Waals surface area contributed by atoms with Gasteiger partial charge in [0.2, 0.25) is 0 Å². The lowest BCUT2D eigenvalue weighted by molar-refractivity contribution is 0.0996. The van der Waals surface area contributed by atoms with Crippen molar-refractivity contribution in [3.8, 4) is 11.1 Å². The first-order valence-corrected chi connectivity index (χ1v) is 9.27. The molecule has 2 aromatic carbocycles. The van der Waals surface area contributed by atoms with Crippen LogP contribution in [0.25, 0.3) is 33.1 Å². The fourth-order valence-electron chi connectivity index (χ4n) is 3.49. The molecule has 5 aromatic rings. The lowest BCUT2D eigenvalue weighted by Crippen LogP contribution is -2.20. The number of nitrogens with one attached hydrogen (secondary N) is 3. The van der Waals surface area contributed by atoms with Crippen molar-refractivity contribution in [1.29, 1.82) is 0 Å². The predicted octanol–water partition coefficient (Wildman–Crippen LogP) is 5.18. The molecular formula is C22H14ClN3O3. The van der Waals surface area contributed by atoms with Gasteiger partial charge in [0.1, 0.15) is 5.69 Å². The van der Waals surface area contributed by atoms with E-state index in [0.29, 0.717) is 21.6 Å².